The van der Waals surface area contributed by atoms with Gasteiger partial charge in [0.1, 0.15) is 5.82 Å². The van der Waals surface area contributed by atoms with Crippen LogP contribution in [0.1, 0.15) is 24.6 Å². The van der Waals surface area contributed by atoms with E-state index in [2.05, 4.69) is 61.1 Å². The smallest absolute Gasteiger partial charge is 0.203 e. The molecule has 0 radical (unpaired) electrons. The summed E-state index contributed by atoms with van der Waals surface area (Å²) in [6.07, 6.45) is 6.19. The largest absolute Gasteiger partial charge is 0.373 e. The average molecular weight is 308 g/mol. The first-order valence-corrected chi connectivity index (χ1v) is 8.02. The van der Waals surface area contributed by atoms with Crippen molar-refractivity contribution in [2.24, 2.45) is 0 Å². The Bertz CT molecular complexity index is 793. The van der Waals surface area contributed by atoms with E-state index in [0.717, 1.165) is 30.4 Å². The lowest BCUT2D eigenvalue weighted by Crippen LogP contribution is -2.25. The standard InChI is InChI=1S/C17H20N6/c1-22(14-5-3-2-4-6-14)11-9-18-15-17-21-20-16(13-7-8-13)23(17)12-10-19-15/h2-6,10,12-13H,7-9,11H2,1H3,(H,18,19). The van der Waals surface area contributed by atoms with E-state index >= 15 is 0 Å². The van der Waals surface area contributed by atoms with Gasteiger partial charge < -0.3 is 10.2 Å². The average Bonchev–Trinajstić information content (AvgIpc) is 3.34. The van der Waals surface area contributed by atoms with E-state index in [4.69, 9.17) is 0 Å². The van der Waals surface area contributed by atoms with E-state index in [1.165, 1.54) is 18.5 Å². The number of benzene rings is 1. The molecule has 1 aliphatic carbocycles. The molecular weight excluding hydrogens is 288 g/mol. The van der Waals surface area contributed by atoms with Crippen LogP contribution in [0, 0.1) is 0 Å². The molecule has 0 aliphatic heterocycles. The first kappa shape index (κ1) is 14.0. The molecule has 1 fully saturated rings. The lowest BCUT2D eigenvalue weighted by atomic mass is 10.3. The Balaban J connectivity index is 1.44. The fraction of sp³-hybridized carbons (Fsp3) is 0.353. The van der Waals surface area contributed by atoms with Gasteiger partial charge in [-0.3, -0.25) is 4.40 Å². The van der Waals surface area contributed by atoms with Crippen molar-refractivity contribution in [3.05, 3.63) is 48.5 Å². The Hall–Kier alpha value is -2.63. The summed E-state index contributed by atoms with van der Waals surface area (Å²) in [6.45, 7) is 1.68. The second-order valence-corrected chi connectivity index (χ2v) is 5.99. The normalized spacial score (nSPS) is 14.1. The summed E-state index contributed by atoms with van der Waals surface area (Å²) in [4.78, 5) is 6.63. The van der Waals surface area contributed by atoms with Crippen LogP contribution >= 0.6 is 0 Å². The zero-order valence-corrected chi connectivity index (χ0v) is 13.2. The number of nitrogens with one attached hydrogen (secondary N) is 1. The summed E-state index contributed by atoms with van der Waals surface area (Å²) in [6, 6.07) is 10.4. The van der Waals surface area contributed by atoms with E-state index in [-0.39, 0.29) is 0 Å². The molecule has 1 saturated carbocycles. The Morgan fingerprint density at radius 3 is 2.83 bits per heavy atom. The third kappa shape index (κ3) is 2.84. The van der Waals surface area contributed by atoms with Crippen molar-refractivity contribution in [2.75, 3.05) is 30.4 Å². The maximum absolute atomic E-state index is 4.42. The molecule has 0 bridgehead atoms. The van der Waals surface area contributed by atoms with Crippen LogP contribution in [0.5, 0.6) is 0 Å². The lowest BCUT2D eigenvalue weighted by Gasteiger charge is -2.19. The molecule has 118 valence electrons. The number of likely N-dealkylation sites (N-methyl/N-ethyl adjacent to an activating group) is 1. The zero-order valence-electron chi connectivity index (χ0n) is 13.2. The molecule has 0 saturated heterocycles. The number of anilines is 2. The Labute approximate surface area is 135 Å². The lowest BCUT2D eigenvalue weighted by molar-refractivity contribution is 0.891. The maximum Gasteiger partial charge on any atom is 0.203 e. The molecule has 3 aromatic rings. The van der Waals surface area contributed by atoms with E-state index in [1.807, 2.05) is 18.5 Å². The number of fused-ring (bicyclic) bond motifs is 1. The molecule has 0 amide bonds. The fourth-order valence-corrected chi connectivity index (χ4v) is 2.74. The van der Waals surface area contributed by atoms with Crippen molar-refractivity contribution >= 4 is 17.2 Å². The predicted molar refractivity (Wildman–Crippen MR) is 91.0 cm³/mol. The van der Waals surface area contributed by atoms with Gasteiger partial charge in [-0.25, -0.2) is 4.98 Å². The van der Waals surface area contributed by atoms with Gasteiger partial charge >= 0.3 is 0 Å². The van der Waals surface area contributed by atoms with E-state index in [9.17, 15) is 0 Å². The van der Waals surface area contributed by atoms with E-state index in [1.54, 1.807) is 0 Å². The number of para-hydroxylation sites is 1. The summed E-state index contributed by atoms with van der Waals surface area (Å²) in [5.41, 5.74) is 2.02. The number of hydrogen-bond acceptors (Lipinski definition) is 5. The Morgan fingerprint density at radius 2 is 2.04 bits per heavy atom. The SMILES string of the molecule is CN(CCNc1nccn2c(C3CC3)nnc12)c1ccccc1. The van der Waals surface area contributed by atoms with Gasteiger partial charge in [0, 0.05) is 44.1 Å². The fourth-order valence-electron chi connectivity index (χ4n) is 2.74. The maximum atomic E-state index is 4.42. The summed E-state index contributed by atoms with van der Waals surface area (Å²) in [5.74, 6) is 2.43. The first-order valence-electron chi connectivity index (χ1n) is 8.02. The van der Waals surface area contributed by atoms with Gasteiger partial charge in [0.05, 0.1) is 0 Å². The van der Waals surface area contributed by atoms with Crippen molar-refractivity contribution < 1.29 is 0 Å². The van der Waals surface area contributed by atoms with Crippen LogP contribution in [0.25, 0.3) is 5.65 Å². The Morgan fingerprint density at radius 1 is 1.22 bits per heavy atom. The summed E-state index contributed by atoms with van der Waals surface area (Å²) in [5, 5.41) is 12.0. The molecule has 23 heavy (non-hydrogen) atoms. The molecular formula is C17H20N6. The van der Waals surface area contributed by atoms with Crippen molar-refractivity contribution in [3.63, 3.8) is 0 Å². The third-order valence-corrected chi connectivity index (χ3v) is 4.23. The van der Waals surface area contributed by atoms with Crippen LogP contribution in [0.3, 0.4) is 0 Å². The number of nitrogens with zero attached hydrogens (tertiary/aromatic N) is 5. The molecule has 2 heterocycles. The van der Waals surface area contributed by atoms with Crippen LogP contribution < -0.4 is 10.2 Å². The molecule has 0 spiro atoms. The molecule has 6 nitrogen and oxygen atoms in total. The van der Waals surface area contributed by atoms with Gasteiger partial charge in [-0.2, -0.15) is 0 Å². The summed E-state index contributed by atoms with van der Waals surface area (Å²) >= 11 is 0. The number of rotatable bonds is 6. The molecule has 1 N–H and O–H groups in total. The highest BCUT2D eigenvalue weighted by Crippen LogP contribution is 2.39. The molecule has 2 aromatic heterocycles. The van der Waals surface area contributed by atoms with Crippen molar-refractivity contribution in [2.45, 2.75) is 18.8 Å². The van der Waals surface area contributed by atoms with Crippen molar-refractivity contribution in [3.8, 4) is 0 Å². The monoisotopic (exact) mass is 308 g/mol. The molecule has 1 aliphatic rings. The van der Waals surface area contributed by atoms with Crippen molar-refractivity contribution in [1.29, 1.82) is 0 Å². The van der Waals surface area contributed by atoms with Gasteiger partial charge in [0.15, 0.2) is 5.82 Å². The molecule has 1 aromatic carbocycles. The van der Waals surface area contributed by atoms with Gasteiger partial charge in [-0.1, -0.05) is 18.2 Å². The summed E-state index contributed by atoms with van der Waals surface area (Å²) in [7, 11) is 2.09. The van der Waals surface area contributed by atoms with Gasteiger partial charge in [-0.05, 0) is 25.0 Å². The number of hydrogen-bond donors (Lipinski definition) is 1. The van der Waals surface area contributed by atoms with Gasteiger partial charge in [0.2, 0.25) is 5.65 Å². The minimum Gasteiger partial charge on any atom is -0.373 e. The highest BCUT2D eigenvalue weighted by molar-refractivity contribution is 5.62. The van der Waals surface area contributed by atoms with Crippen LogP contribution in [-0.4, -0.2) is 39.7 Å². The van der Waals surface area contributed by atoms with Crippen LogP contribution in [-0.2, 0) is 0 Å². The van der Waals surface area contributed by atoms with Gasteiger partial charge in [0.25, 0.3) is 0 Å². The number of aromatic nitrogens is 4. The van der Waals surface area contributed by atoms with E-state index < -0.39 is 0 Å². The second-order valence-electron chi connectivity index (χ2n) is 5.99. The highest BCUT2D eigenvalue weighted by Gasteiger charge is 2.29. The van der Waals surface area contributed by atoms with Crippen LogP contribution in [0.15, 0.2) is 42.7 Å². The zero-order chi connectivity index (χ0) is 15.6. The van der Waals surface area contributed by atoms with E-state index in [0.29, 0.717) is 5.92 Å². The molecule has 6 heteroatoms. The quantitative estimate of drug-likeness (QED) is 0.758. The molecule has 4 rings (SSSR count). The second kappa shape index (κ2) is 5.87. The van der Waals surface area contributed by atoms with Crippen molar-refractivity contribution in [1.82, 2.24) is 19.6 Å². The first-order chi connectivity index (χ1) is 11.3. The summed E-state index contributed by atoms with van der Waals surface area (Å²) < 4.78 is 2.06. The minimum absolute atomic E-state index is 0.574. The minimum atomic E-state index is 0.574. The molecule has 0 atom stereocenters. The topological polar surface area (TPSA) is 58.4 Å². The highest BCUT2D eigenvalue weighted by atomic mass is 15.3. The predicted octanol–water partition coefficient (Wildman–Crippen LogP) is 2.55. The van der Waals surface area contributed by atoms with Crippen LogP contribution in [0.4, 0.5) is 11.5 Å². The van der Waals surface area contributed by atoms with Gasteiger partial charge in [-0.15, -0.1) is 10.2 Å². The van der Waals surface area contributed by atoms with Crippen LogP contribution in [0.2, 0.25) is 0 Å². The Kier molecular flexibility index (Phi) is 3.57. The third-order valence-electron chi connectivity index (χ3n) is 4.23. The molecule has 0 unspecified atom stereocenters.